The van der Waals surface area contributed by atoms with Gasteiger partial charge in [-0.2, -0.15) is 0 Å². The fourth-order valence-corrected chi connectivity index (χ4v) is 3.36. The van der Waals surface area contributed by atoms with E-state index < -0.39 is 0 Å². The lowest BCUT2D eigenvalue weighted by Gasteiger charge is -2.12. The third-order valence-electron chi connectivity index (χ3n) is 3.71. The van der Waals surface area contributed by atoms with Crippen LogP contribution in [0, 0.1) is 11.7 Å². The number of nitrogens with zero attached hydrogens (tertiary/aromatic N) is 3. The smallest absolute Gasteiger partial charge is 0.196 e. The van der Waals surface area contributed by atoms with Gasteiger partial charge >= 0.3 is 0 Å². The third kappa shape index (κ3) is 3.31. The maximum Gasteiger partial charge on any atom is 0.196 e. The number of aliphatic hydroxyl groups excluding tert-OH is 1. The Morgan fingerprint density at radius 2 is 2.14 bits per heavy atom. The van der Waals surface area contributed by atoms with E-state index in [2.05, 4.69) is 10.2 Å². The number of hydrogen-bond acceptors (Lipinski definition) is 5. The van der Waals surface area contributed by atoms with Gasteiger partial charge in [0.15, 0.2) is 5.16 Å². The van der Waals surface area contributed by atoms with Crippen LogP contribution in [0.2, 0.25) is 0 Å². The summed E-state index contributed by atoms with van der Waals surface area (Å²) in [4.78, 5) is 0. The summed E-state index contributed by atoms with van der Waals surface area (Å²) >= 11 is 1.41. The molecule has 1 saturated carbocycles. The van der Waals surface area contributed by atoms with E-state index in [0.29, 0.717) is 41.3 Å². The van der Waals surface area contributed by atoms with E-state index in [1.807, 2.05) is 0 Å². The first-order chi connectivity index (χ1) is 10.7. The number of nitrogens with two attached hydrogens (primary N) is 1. The van der Waals surface area contributed by atoms with Crippen molar-refractivity contribution < 1.29 is 9.50 Å². The van der Waals surface area contributed by atoms with Crippen LogP contribution in [0.5, 0.6) is 0 Å². The molecule has 7 heteroatoms. The number of halogens is 1. The predicted octanol–water partition coefficient (Wildman–Crippen LogP) is 1.77. The number of rotatable bonds is 7. The summed E-state index contributed by atoms with van der Waals surface area (Å²) in [5.74, 6) is 1.25. The van der Waals surface area contributed by atoms with E-state index in [1.165, 1.54) is 17.8 Å². The second-order valence-corrected chi connectivity index (χ2v) is 6.43. The summed E-state index contributed by atoms with van der Waals surface area (Å²) in [7, 11) is 0. The highest BCUT2D eigenvalue weighted by molar-refractivity contribution is 7.99. The van der Waals surface area contributed by atoms with Gasteiger partial charge in [-0.25, -0.2) is 4.39 Å². The number of benzene rings is 1. The molecule has 0 aliphatic heterocycles. The van der Waals surface area contributed by atoms with Gasteiger partial charge in [-0.15, -0.1) is 10.2 Å². The highest BCUT2D eigenvalue weighted by Crippen LogP contribution is 2.35. The van der Waals surface area contributed by atoms with Gasteiger partial charge in [0, 0.05) is 12.2 Å². The molecule has 1 fully saturated rings. The van der Waals surface area contributed by atoms with Crippen molar-refractivity contribution in [2.45, 2.75) is 30.5 Å². The Labute approximate surface area is 132 Å². The van der Waals surface area contributed by atoms with Crippen molar-refractivity contribution in [3.05, 3.63) is 35.9 Å². The molecule has 1 aliphatic carbocycles. The molecule has 1 aliphatic rings. The van der Waals surface area contributed by atoms with E-state index in [0.717, 1.165) is 12.8 Å². The van der Waals surface area contributed by atoms with Crippen molar-refractivity contribution in [2.24, 2.45) is 11.7 Å². The van der Waals surface area contributed by atoms with Gasteiger partial charge in [0.25, 0.3) is 0 Å². The molecule has 0 bridgehead atoms. The molecule has 2 aromatic rings. The molecular formula is C15H19FN4OS. The zero-order chi connectivity index (χ0) is 15.5. The Kier molecular flexibility index (Phi) is 4.75. The molecule has 0 amide bonds. The van der Waals surface area contributed by atoms with Crippen LogP contribution in [0.3, 0.4) is 0 Å². The topological polar surface area (TPSA) is 77.0 Å². The van der Waals surface area contributed by atoms with Gasteiger partial charge in [0.1, 0.15) is 11.6 Å². The Morgan fingerprint density at radius 1 is 1.36 bits per heavy atom. The van der Waals surface area contributed by atoms with Crippen molar-refractivity contribution in [1.82, 2.24) is 14.8 Å². The second-order valence-electron chi connectivity index (χ2n) is 5.44. The van der Waals surface area contributed by atoms with E-state index in [9.17, 15) is 9.50 Å². The summed E-state index contributed by atoms with van der Waals surface area (Å²) < 4.78 is 15.8. The fourth-order valence-electron chi connectivity index (χ4n) is 2.34. The van der Waals surface area contributed by atoms with Crippen molar-refractivity contribution in [3.63, 3.8) is 0 Å². The molecule has 22 heavy (non-hydrogen) atoms. The largest absolute Gasteiger partial charge is 0.392 e. The number of thioether (sulfide) groups is 1. The van der Waals surface area contributed by atoms with Gasteiger partial charge in [-0.1, -0.05) is 23.9 Å². The molecule has 1 aromatic heterocycles. The molecule has 3 N–H and O–H groups in total. The lowest BCUT2D eigenvalue weighted by atomic mass is 10.3. The van der Waals surface area contributed by atoms with Crippen molar-refractivity contribution >= 4 is 11.8 Å². The molecular weight excluding hydrogens is 303 g/mol. The van der Waals surface area contributed by atoms with Crippen LogP contribution in [-0.2, 0) is 6.42 Å². The number of para-hydroxylation sites is 1. The highest BCUT2D eigenvalue weighted by Gasteiger charge is 2.30. The minimum Gasteiger partial charge on any atom is -0.392 e. The second kappa shape index (κ2) is 6.76. The number of aromatic nitrogens is 3. The van der Waals surface area contributed by atoms with Gasteiger partial charge in [0.05, 0.1) is 11.8 Å². The van der Waals surface area contributed by atoms with Crippen LogP contribution in [0.15, 0.2) is 29.4 Å². The quantitative estimate of drug-likeness (QED) is 0.760. The molecule has 0 unspecified atom stereocenters. The van der Waals surface area contributed by atoms with Crippen LogP contribution in [0.1, 0.15) is 18.7 Å². The van der Waals surface area contributed by atoms with Crippen LogP contribution in [0.4, 0.5) is 4.39 Å². The van der Waals surface area contributed by atoms with Crippen LogP contribution in [-0.4, -0.2) is 38.3 Å². The standard InChI is InChI=1S/C15H19FN4OS/c16-11-3-1-2-4-12(11)20-14(7-8-17)18-19-15(20)22-9-13(21)10-5-6-10/h1-4,10,13,21H,5-9,17H2/t13-/m1/s1. The Bertz CT molecular complexity index is 644. The predicted molar refractivity (Wildman–Crippen MR) is 83.5 cm³/mol. The van der Waals surface area contributed by atoms with E-state index >= 15 is 0 Å². The van der Waals surface area contributed by atoms with Crippen LogP contribution >= 0.6 is 11.8 Å². The van der Waals surface area contributed by atoms with Crippen LogP contribution in [0.25, 0.3) is 5.69 Å². The Hall–Kier alpha value is -1.44. The zero-order valence-electron chi connectivity index (χ0n) is 12.2. The zero-order valence-corrected chi connectivity index (χ0v) is 13.0. The normalized spacial score (nSPS) is 16.0. The maximum absolute atomic E-state index is 14.1. The maximum atomic E-state index is 14.1. The van der Waals surface area contributed by atoms with E-state index in [1.54, 1.807) is 22.8 Å². The first-order valence-corrected chi connectivity index (χ1v) is 8.39. The first-order valence-electron chi connectivity index (χ1n) is 7.41. The van der Waals surface area contributed by atoms with E-state index in [-0.39, 0.29) is 11.9 Å². The fraction of sp³-hybridized carbons (Fsp3) is 0.467. The lowest BCUT2D eigenvalue weighted by molar-refractivity contribution is 0.176. The summed E-state index contributed by atoms with van der Waals surface area (Å²) in [5, 5.41) is 18.9. The van der Waals surface area contributed by atoms with E-state index in [4.69, 9.17) is 5.73 Å². The van der Waals surface area contributed by atoms with Crippen molar-refractivity contribution in [1.29, 1.82) is 0 Å². The molecule has 3 rings (SSSR count). The summed E-state index contributed by atoms with van der Waals surface area (Å²) in [6.07, 6.45) is 2.35. The molecule has 0 spiro atoms. The SMILES string of the molecule is NCCc1nnc(SC[C@@H](O)C2CC2)n1-c1ccccc1F. The van der Waals surface area contributed by atoms with Gasteiger partial charge in [-0.05, 0) is 37.4 Å². The van der Waals surface area contributed by atoms with Gasteiger partial charge < -0.3 is 10.8 Å². The molecule has 0 radical (unpaired) electrons. The first kappa shape index (κ1) is 15.5. The molecule has 0 saturated heterocycles. The highest BCUT2D eigenvalue weighted by atomic mass is 32.2. The van der Waals surface area contributed by atoms with Crippen molar-refractivity contribution in [2.75, 3.05) is 12.3 Å². The molecule has 5 nitrogen and oxygen atoms in total. The minimum atomic E-state index is -0.339. The molecule has 118 valence electrons. The van der Waals surface area contributed by atoms with Crippen molar-refractivity contribution in [3.8, 4) is 5.69 Å². The Balaban J connectivity index is 1.87. The average Bonchev–Trinajstić information content (AvgIpc) is 3.29. The molecule has 1 atom stereocenters. The van der Waals surface area contributed by atoms with Gasteiger partial charge in [-0.3, -0.25) is 4.57 Å². The lowest BCUT2D eigenvalue weighted by Crippen LogP contribution is -2.14. The monoisotopic (exact) mass is 322 g/mol. The average molecular weight is 322 g/mol. The summed E-state index contributed by atoms with van der Waals surface area (Å²) in [6, 6.07) is 6.53. The van der Waals surface area contributed by atoms with Crippen LogP contribution < -0.4 is 5.73 Å². The summed E-state index contributed by atoms with van der Waals surface area (Å²) in [6.45, 7) is 0.419. The Morgan fingerprint density at radius 3 is 2.82 bits per heavy atom. The third-order valence-corrected chi connectivity index (χ3v) is 4.74. The molecule has 1 heterocycles. The molecule has 1 aromatic carbocycles. The number of hydrogen-bond donors (Lipinski definition) is 2. The minimum absolute atomic E-state index is 0.329. The summed E-state index contributed by atoms with van der Waals surface area (Å²) in [5.41, 5.74) is 6.02. The van der Waals surface area contributed by atoms with Gasteiger partial charge in [0.2, 0.25) is 0 Å². The number of aliphatic hydroxyl groups is 1.